The third-order valence-electron chi connectivity index (χ3n) is 12.5. The molecule has 0 saturated heterocycles. The molecule has 4 aromatic heterocycles. The Morgan fingerprint density at radius 2 is 0.814 bits per heavy atom. The van der Waals surface area contributed by atoms with Gasteiger partial charge in [-0.05, 0) is 119 Å². The first-order valence-electron chi connectivity index (χ1n) is 20.1. The molecule has 6 heteroatoms. The van der Waals surface area contributed by atoms with Crippen molar-refractivity contribution in [2.24, 2.45) is 0 Å². The van der Waals surface area contributed by atoms with Crippen LogP contribution in [0.1, 0.15) is 25.0 Å². The van der Waals surface area contributed by atoms with Gasteiger partial charge in [0, 0.05) is 68.3 Å². The van der Waals surface area contributed by atoms with Gasteiger partial charge in [0.05, 0.1) is 22.1 Å². The Kier molecular flexibility index (Phi) is 6.79. The maximum absolute atomic E-state index is 5.48. The highest BCUT2D eigenvalue weighted by molar-refractivity contribution is 7.26. The van der Waals surface area contributed by atoms with Gasteiger partial charge in [-0.25, -0.2) is 9.97 Å². The van der Waals surface area contributed by atoms with Gasteiger partial charge >= 0.3 is 0 Å². The van der Waals surface area contributed by atoms with E-state index in [9.17, 15) is 0 Å². The highest BCUT2D eigenvalue weighted by Gasteiger charge is 2.38. The molecule has 8 aromatic carbocycles. The molecule has 4 heterocycles. The fraction of sp³-hybridized carbons (Fsp3) is 0.0566. The highest BCUT2D eigenvalue weighted by atomic mass is 32.1. The maximum Gasteiger partial charge on any atom is 0.145 e. The number of para-hydroxylation sites is 2. The van der Waals surface area contributed by atoms with Crippen molar-refractivity contribution in [1.82, 2.24) is 19.1 Å². The zero-order valence-electron chi connectivity index (χ0n) is 32.3. The van der Waals surface area contributed by atoms with Gasteiger partial charge in [-0.3, -0.25) is 9.13 Å². The van der Waals surface area contributed by atoms with Crippen molar-refractivity contribution in [3.05, 3.63) is 181 Å². The molecule has 278 valence electrons. The van der Waals surface area contributed by atoms with Crippen molar-refractivity contribution in [2.75, 3.05) is 0 Å². The molecule has 4 nitrogen and oxygen atoms in total. The Balaban J connectivity index is 1.03. The second-order valence-electron chi connectivity index (χ2n) is 16.2. The van der Waals surface area contributed by atoms with Crippen LogP contribution in [0.3, 0.4) is 0 Å². The molecule has 13 rings (SSSR count). The molecule has 1 aliphatic rings. The first kappa shape index (κ1) is 33.1. The topological polar surface area (TPSA) is 35.6 Å². The molecule has 1 aliphatic carbocycles. The minimum Gasteiger partial charge on any atom is -0.292 e. The number of fused-ring (bicyclic) bond motifs is 11. The largest absolute Gasteiger partial charge is 0.292 e. The molecular weight excluding hydrogens is 757 g/mol. The molecule has 0 unspecified atom stereocenters. The van der Waals surface area contributed by atoms with E-state index in [1.807, 2.05) is 22.7 Å². The van der Waals surface area contributed by atoms with Crippen molar-refractivity contribution in [1.29, 1.82) is 0 Å². The van der Waals surface area contributed by atoms with E-state index in [1.165, 1.54) is 62.6 Å². The number of nitrogens with zero attached hydrogens (tertiary/aromatic N) is 4. The molecule has 0 radical (unpaired) electrons. The van der Waals surface area contributed by atoms with E-state index in [2.05, 4.69) is 193 Å². The lowest BCUT2D eigenvalue weighted by atomic mass is 9.82. The highest BCUT2D eigenvalue weighted by Crippen LogP contribution is 2.52. The van der Waals surface area contributed by atoms with Crippen LogP contribution in [0, 0.1) is 0 Å². The number of hydrogen-bond acceptors (Lipinski definition) is 4. The standard InChI is InChI=1S/C53H34N4S2/c1-53(2)41-29-45-43(54-51(56(45)33-13-5-3-6-14-33)31-21-23-49-39(25-31)35-17-9-11-19-47(35)58-49)27-37(41)38-28-44-46(30-42(38)53)57(34-15-7-4-8-16-34)52(55-44)32-22-24-50-40(26-32)36-18-10-12-20-48(36)59-50/h3-30H,1-2H3. The molecule has 12 aromatic rings. The van der Waals surface area contributed by atoms with E-state index >= 15 is 0 Å². The SMILES string of the molecule is CC1(C)c2cc3c(cc2-c2cc4nc(-c5ccc6sc7ccccc7c6c5)n(-c5ccccc5)c4cc21)nc(-c1ccc2sc4ccccc4c2c1)n3-c1ccccc1. The summed E-state index contributed by atoms with van der Waals surface area (Å²) in [6.45, 7) is 4.74. The quantitative estimate of drug-likeness (QED) is 0.178. The van der Waals surface area contributed by atoms with E-state index in [-0.39, 0.29) is 5.41 Å². The van der Waals surface area contributed by atoms with Crippen LogP contribution in [0.4, 0.5) is 0 Å². The van der Waals surface area contributed by atoms with Crippen LogP contribution in [-0.2, 0) is 5.41 Å². The van der Waals surface area contributed by atoms with Crippen molar-refractivity contribution in [3.8, 4) is 45.3 Å². The van der Waals surface area contributed by atoms with E-state index in [1.54, 1.807) is 0 Å². The van der Waals surface area contributed by atoms with Crippen LogP contribution in [-0.4, -0.2) is 19.1 Å². The molecule has 0 aliphatic heterocycles. The van der Waals surface area contributed by atoms with Crippen molar-refractivity contribution >= 4 is 85.1 Å². The minimum atomic E-state index is -0.270. The van der Waals surface area contributed by atoms with E-state index < -0.39 is 0 Å². The van der Waals surface area contributed by atoms with Crippen LogP contribution in [0.5, 0.6) is 0 Å². The Morgan fingerprint density at radius 3 is 1.27 bits per heavy atom. The smallest absolute Gasteiger partial charge is 0.145 e. The van der Waals surface area contributed by atoms with Gasteiger partial charge in [0.15, 0.2) is 0 Å². The van der Waals surface area contributed by atoms with Crippen LogP contribution in [0.15, 0.2) is 170 Å². The van der Waals surface area contributed by atoms with Gasteiger partial charge in [-0.1, -0.05) is 86.6 Å². The lowest BCUT2D eigenvalue weighted by molar-refractivity contribution is 0.661. The number of aromatic nitrogens is 4. The summed E-state index contributed by atoms with van der Waals surface area (Å²) in [6.07, 6.45) is 0. The Hall–Kier alpha value is -6.86. The number of thiophene rings is 2. The van der Waals surface area contributed by atoms with Gasteiger partial charge in [0.1, 0.15) is 11.6 Å². The lowest BCUT2D eigenvalue weighted by Crippen LogP contribution is -2.15. The third-order valence-corrected chi connectivity index (χ3v) is 14.8. The summed E-state index contributed by atoms with van der Waals surface area (Å²) in [6, 6.07) is 61.9. The summed E-state index contributed by atoms with van der Waals surface area (Å²) in [5.74, 6) is 1.89. The van der Waals surface area contributed by atoms with Crippen molar-refractivity contribution in [2.45, 2.75) is 19.3 Å². The summed E-state index contributed by atoms with van der Waals surface area (Å²) < 4.78 is 9.90. The Bertz CT molecular complexity index is 3450. The summed E-state index contributed by atoms with van der Waals surface area (Å²) in [4.78, 5) is 11.0. The molecule has 0 N–H and O–H groups in total. The predicted molar refractivity (Wildman–Crippen MR) is 250 cm³/mol. The molecule has 0 atom stereocenters. The third kappa shape index (κ3) is 4.76. The number of benzene rings is 8. The van der Waals surface area contributed by atoms with Crippen LogP contribution < -0.4 is 0 Å². The number of rotatable bonds is 4. The molecule has 0 bridgehead atoms. The molecule has 0 spiro atoms. The maximum atomic E-state index is 5.48. The first-order chi connectivity index (χ1) is 29.0. The van der Waals surface area contributed by atoms with Crippen molar-refractivity contribution in [3.63, 3.8) is 0 Å². The van der Waals surface area contributed by atoms with Gasteiger partial charge in [-0.2, -0.15) is 0 Å². The molecular formula is C53H34N4S2. The minimum absolute atomic E-state index is 0.270. The zero-order valence-corrected chi connectivity index (χ0v) is 33.9. The van der Waals surface area contributed by atoms with Crippen LogP contribution in [0.25, 0.3) is 108 Å². The van der Waals surface area contributed by atoms with E-state index in [0.717, 1.165) is 56.2 Å². The van der Waals surface area contributed by atoms with Crippen LogP contribution >= 0.6 is 22.7 Å². The van der Waals surface area contributed by atoms with Gasteiger partial charge in [0.2, 0.25) is 0 Å². The van der Waals surface area contributed by atoms with Crippen LogP contribution in [0.2, 0.25) is 0 Å². The monoisotopic (exact) mass is 790 g/mol. The fourth-order valence-electron chi connectivity index (χ4n) is 9.67. The summed E-state index contributed by atoms with van der Waals surface area (Å²) in [5.41, 5.74) is 13.4. The van der Waals surface area contributed by atoms with Gasteiger partial charge < -0.3 is 0 Å². The van der Waals surface area contributed by atoms with Gasteiger partial charge in [-0.15, -0.1) is 22.7 Å². The average Bonchev–Trinajstić information content (AvgIpc) is 4.08. The number of hydrogen-bond donors (Lipinski definition) is 0. The number of imidazole rings is 2. The fourth-order valence-corrected chi connectivity index (χ4v) is 11.8. The molecule has 0 amide bonds. The van der Waals surface area contributed by atoms with Crippen molar-refractivity contribution < 1.29 is 0 Å². The van der Waals surface area contributed by atoms with E-state index in [0.29, 0.717) is 0 Å². The Labute approximate surface area is 347 Å². The average molecular weight is 791 g/mol. The Morgan fingerprint density at radius 1 is 0.407 bits per heavy atom. The summed E-state index contributed by atoms with van der Waals surface area (Å²) >= 11 is 3.69. The predicted octanol–water partition coefficient (Wildman–Crippen LogP) is 14.7. The zero-order chi connectivity index (χ0) is 39.0. The first-order valence-corrected chi connectivity index (χ1v) is 21.7. The lowest BCUT2D eigenvalue weighted by Gasteiger charge is -2.22. The van der Waals surface area contributed by atoms with Gasteiger partial charge in [0.25, 0.3) is 0 Å². The second-order valence-corrected chi connectivity index (χ2v) is 18.4. The molecule has 0 saturated carbocycles. The molecule has 0 fully saturated rings. The molecule has 59 heavy (non-hydrogen) atoms. The second kappa shape index (κ2) is 12.1. The summed E-state index contributed by atoms with van der Waals surface area (Å²) in [7, 11) is 0. The van der Waals surface area contributed by atoms with E-state index in [4.69, 9.17) is 9.97 Å². The normalized spacial score (nSPS) is 13.4. The summed E-state index contributed by atoms with van der Waals surface area (Å²) in [5, 5.41) is 5.13.